The van der Waals surface area contributed by atoms with E-state index >= 15 is 0 Å². The quantitative estimate of drug-likeness (QED) is 0.0343. The zero-order valence-electron chi connectivity index (χ0n) is 47.5. The third-order valence-corrected chi connectivity index (χ3v) is 15.2. The minimum absolute atomic E-state index is 0.0623. The molecule has 0 bridgehead atoms. The SMILES string of the molecule is CCCCCCCCCCCCCCCCCCCCCC(=O)OC[C@@H](COC(=O)CCCCCCCCCCCCC(C)CC)OC(=O)CCCCCCCCCCCCCCCCC(C)CC. The van der Waals surface area contributed by atoms with Gasteiger partial charge in [-0.15, -0.1) is 0 Å². The molecule has 0 amide bonds. The molecule has 0 saturated carbocycles. The molecule has 0 N–H and O–H groups in total. The van der Waals surface area contributed by atoms with Crippen LogP contribution in [0.3, 0.4) is 0 Å². The highest BCUT2D eigenvalue weighted by atomic mass is 16.6. The number of unbranched alkanes of at least 4 members (excludes halogenated alkanes) is 40. The lowest BCUT2D eigenvalue weighted by Gasteiger charge is -2.18. The van der Waals surface area contributed by atoms with Crippen LogP contribution in [-0.2, 0) is 28.6 Å². The minimum atomic E-state index is -0.764. The van der Waals surface area contributed by atoms with E-state index in [0.717, 1.165) is 69.6 Å². The second-order valence-electron chi connectivity index (χ2n) is 22.2. The summed E-state index contributed by atoms with van der Waals surface area (Å²) in [5, 5.41) is 0. The van der Waals surface area contributed by atoms with Gasteiger partial charge in [-0.2, -0.15) is 0 Å². The Morgan fingerprint density at radius 1 is 0.290 bits per heavy atom. The molecule has 0 radical (unpaired) electrons. The number of carbonyl (C=O) groups is 3. The summed E-state index contributed by atoms with van der Waals surface area (Å²) in [7, 11) is 0. The van der Waals surface area contributed by atoms with Gasteiger partial charge in [-0.1, -0.05) is 317 Å². The summed E-state index contributed by atoms with van der Waals surface area (Å²) >= 11 is 0. The Kier molecular flexibility index (Phi) is 54.4. The van der Waals surface area contributed by atoms with Crippen molar-refractivity contribution in [1.29, 1.82) is 0 Å². The van der Waals surface area contributed by atoms with Crippen LogP contribution in [0.25, 0.3) is 0 Å². The topological polar surface area (TPSA) is 78.9 Å². The van der Waals surface area contributed by atoms with Crippen molar-refractivity contribution in [1.82, 2.24) is 0 Å². The molecule has 0 rings (SSSR count). The zero-order chi connectivity index (χ0) is 50.4. The molecule has 0 fully saturated rings. The minimum Gasteiger partial charge on any atom is -0.462 e. The van der Waals surface area contributed by atoms with Crippen molar-refractivity contribution in [2.75, 3.05) is 13.2 Å². The highest BCUT2D eigenvalue weighted by molar-refractivity contribution is 5.71. The fraction of sp³-hybridized carbons (Fsp3) is 0.952. The van der Waals surface area contributed by atoms with Crippen LogP contribution in [0.5, 0.6) is 0 Å². The highest BCUT2D eigenvalue weighted by Gasteiger charge is 2.19. The Labute approximate surface area is 431 Å². The normalized spacial score (nSPS) is 12.8. The molecule has 0 aliphatic carbocycles. The van der Waals surface area contributed by atoms with Gasteiger partial charge in [0.1, 0.15) is 13.2 Å². The Hall–Kier alpha value is -1.59. The van der Waals surface area contributed by atoms with E-state index in [-0.39, 0.29) is 31.1 Å². The van der Waals surface area contributed by atoms with Gasteiger partial charge in [-0.05, 0) is 31.1 Å². The monoisotopic (exact) mass is 975 g/mol. The van der Waals surface area contributed by atoms with E-state index < -0.39 is 6.10 Å². The summed E-state index contributed by atoms with van der Waals surface area (Å²) < 4.78 is 16.9. The van der Waals surface area contributed by atoms with E-state index in [0.29, 0.717) is 19.3 Å². The number of hydrogen-bond acceptors (Lipinski definition) is 6. The third kappa shape index (κ3) is 54.0. The van der Waals surface area contributed by atoms with Crippen molar-refractivity contribution in [3.8, 4) is 0 Å². The molecule has 0 aliphatic rings. The number of carbonyl (C=O) groups excluding carboxylic acids is 3. The number of rotatable bonds is 57. The Balaban J connectivity index is 4.29. The van der Waals surface area contributed by atoms with Crippen molar-refractivity contribution in [3.63, 3.8) is 0 Å². The molecule has 0 aromatic rings. The molecule has 69 heavy (non-hydrogen) atoms. The maximum absolute atomic E-state index is 12.9. The molecule has 6 heteroatoms. The predicted molar refractivity (Wildman–Crippen MR) is 298 cm³/mol. The number of hydrogen-bond donors (Lipinski definition) is 0. The van der Waals surface area contributed by atoms with Gasteiger partial charge in [0.25, 0.3) is 0 Å². The van der Waals surface area contributed by atoms with Gasteiger partial charge in [0, 0.05) is 19.3 Å². The Morgan fingerprint density at radius 2 is 0.507 bits per heavy atom. The first kappa shape index (κ1) is 67.4. The molecule has 0 heterocycles. The van der Waals surface area contributed by atoms with Crippen LogP contribution >= 0.6 is 0 Å². The van der Waals surface area contributed by atoms with Gasteiger partial charge in [-0.3, -0.25) is 14.4 Å². The van der Waals surface area contributed by atoms with E-state index in [9.17, 15) is 14.4 Å². The Morgan fingerprint density at radius 3 is 0.754 bits per heavy atom. The van der Waals surface area contributed by atoms with Crippen molar-refractivity contribution in [2.45, 2.75) is 362 Å². The van der Waals surface area contributed by atoms with Crippen LogP contribution < -0.4 is 0 Å². The predicted octanol–water partition coefficient (Wildman–Crippen LogP) is 20.8. The number of ether oxygens (including phenoxy) is 3. The van der Waals surface area contributed by atoms with Crippen molar-refractivity contribution in [3.05, 3.63) is 0 Å². The van der Waals surface area contributed by atoms with Crippen LogP contribution in [0.15, 0.2) is 0 Å². The summed E-state index contributed by atoms with van der Waals surface area (Å²) in [4.78, 5) is 38.3. The maximum Gasteiger partial charge on any atom is 0.306 e. The smallest absolute Gasteiger partial charge is 0.306 e. The molecule has 0 aliphatic heterocycles. The lowest BCUT2D eigenvalue weighted by molar-refractivity contribution is -0.167. The van der Waals surface area contributed by atoms with Crippen LogP contribution in [0, 0.1) is 11.8 Å². The maximum atomic E-state index is 12.9. The van der Waals surface area contributed by atoms with Crippen LogP contribution in [0.1, 0.15) is 356 Å². The summed E-state index contributed by atoms with van der Waals surface area (Å²) in [6, 6.07) is 0. The Bertz CT molecular complexity index is 1060. The first-order valence-corrected chi connectivity index (χ1v) is 31.3. The lowest BCUT2D eigenvalue weighted by atomic mass is 9.99. The van der Waals surface area contributed by atoms with E-state index in [1.165, 1.54) is 244 Å². The van der Waals surface area contributed by atoms with Gasteiger partial charge in [-0.25, -0.2) is 0 Å². The third-order valence-electron chi connectivity index (χ3n) is 15.2. The second kappa shape index (κ2) is 55.7. The van der Waals surface area contributed by atoms with E-state index in [1.54, 1.807) is 0 Å². The van der Waals surface area contributed by atoms with Crippen molar-refractivity contribution < 1.29 is 28.6 Å². The largest absolute Gasteiger partial charge is 0.462 e. The summed E-state index contributed by atoms with van der Waals surface area (Å²) in [6.07, 6.45) is 60.9. The molecule has 2 unspecified atom stereocenters. The molecular formula is C63H122O6. The van der Waals surface area contributed by atoms with Gasteiger partial charge in [0.15, 0.2) is 6.10 Å². The summed E-state index contributed by atoms with van der Waals surface area (Å²) in [5.74, 6) is 0.929. The molecule has 0 spiro atoms. The van der Waals surface area contributed by atoms with Gasteiger partial charge in [0.05, 0.1) is 0 Å². The van der Waals surface area contributed by atoms with Crippen molar-refractivity contribution >= 4 is 17.9 Å². The first-order valence-electron chi connectivity index (χ1n) is 31.3. The number of esters is 3. The van der Waals surface area contributed by atoms with E-state index in [4.69, 9.17) is 14.2 Å². The average molecular weight is 976 g/mol. The molecule has 6 nitrogen and oxygen atoms in total. The summed E-state index contributed by atoms with van der Waals surface area (Å²) in [6.45, 7) is 11.5. The molecule has 0 aromatic carbocycles. The average Bonchev–Trinajstić information content (AvgIpc) is 3.35. The second-order valence-corrected chi connectivity index (χ2v) is 22.2. The molecule has 410 valence electrons. The standard InChI is InChI=1S/C63H122O6/c1-6-9-10-11-12-13-14-15-16-17-18-19-20-24-27-33-38-43-48-53-61(64)67-56-60(57-68-62(65)54-49-44-39-34-30-29-32-37-42-47-52-59(5)8-3)69-63(66)55-50-45-40-35-28-25-22-21-23-26-31-36-41-46-51-58(4)7-2/h58-60H,6-57H2,1-5H3/t58?,59?,60-/m0/s1. The molecule has 0 aromatic heterocycles. The van der Waals surface area contributed by atoms with Crippen LogP contribution in [0.2, 0.25) is 0 Å². The van der Waals surface area contributed by atoms with Gasteiger partial charge >= 0.3 is 17.9 Å². The molecule has 3 atom stereocenters. The molecule has 0 saturated heterocycles. The first-order chi connectivity index (χ1) is 33.8. The van der Waals surface area contributed by atoms with Crippen LogP contribution in [-0.4, -0.2) is 37.2 Å². The fourth-order valence-corrected chi connectivity index (χ4v) is 9.69. The fourth-order valence-electron chi connectivity index (χ4n) is 9.69. The molecular weight excluding hydrogens is 853 g/mol. The van der Waals surface area contributed by atoms with Crippen molar-refractivity contribution in [2.24, 2.45) is 11.8 Å². The van der Waals surface area contributed by atoms with Crippen LogP contribution in [0.4, 0.5) is 0 Å². The lowest BCUT2D eigenvalue weighted by Crippen LogP contribution is -2.30. The van der Waals surface area contributed by atoms with Gasteiger partial charge < -0.3 is 14.2 Å². The summed E-state index contributed by atoms with van der Waals surface area (Å²) in [5.41, 5.74) is 0. The van der Waals surface area contributed by atoms with E-state index in [1.807, 2.05) is 0 Å². The zero-order valence-corrected chi connectivity index (χ0v) is 47.5. The highest BCUT2D eigenvalue weighted by Crippen LogP contribution is 2.19. The van der Waals surface area contributed by atoms with Gasteiger partial charge in [0.2, 0.25) is 0 Å². The van der Waals surface area contributed by atoms with E-state index in [2.05, 4.69) is 34.6 Å².